The molecule has 0 saturated carbocycles. The standard InChI is InChI=1S/C24H26N4O4/c1-14(24(31)32)27-22(29)21-11-15-6-2-3-7-16(15)13-28(21)23(30)19(25)10-17-12-26-20-9-5-4-8-18(17)20/h2-9,12,14,19,21,26H,10-11,13,25H2,1H3,(H,27,29)(H,31,32)/t14-,19-,21-/m0/s1. The van der Waals surface area contributed by atoms with Gasteiger partial charge in [-0.1, -0.05) is 42.5 Å². The van der Waals surface area contributed by atoms with E-state index in [2.05, 4.69) is 10.3 Å². The van der Waals surface area contributed by atoms with Crippen LogP contribution in [0.4, 0.5) is 0 Å². The molecule has 2 heterocycles. The van der Waals surface area contributed by atoms with E-state index in [0.29, 0.717) is 12.8 Å². The van der Waals surface area contributed by atoms with Crippen molar-refractivity contribution in [1.82, 2.24) is 15.2 Å². The van der Waals surface area contributed by atoms with E-state index in [-0.39, 0.29) is 12.5 Å². The number of carbonyl (C=O) groups is 3. The van der Waals surface area contributed by atoms with Crippen molar-refractivity contribution in [2.24, 2.45) is 5.73 Å². The minimum Gasteiger partial charge on any atom is -0.480 e. The minimum atomic E-state index is -1.14. The van der Waals surface area contributed by atoms with Crippen LogP contribution in [0.25, 0.3) is 10.9 Å². The molecule has 0 unspecified atom stereocenters. The zero-order valence-corrected chi connectivity index (χ0v) is 17.7. The van der Waals surface area contributed by atoms with E-state index in [1.54, 1.807) is 0 Å². The summed E-state index contributed by atoms with van der Waals surface area (Å²) in [5.74, 6) is -1.97. The molecule has 1 aliphatic heterocycles. The van der Waals surface area contributed by atoms with Gasteiger partial charge in [0.05, 0.1) is 6.04 Å². The van der Waals surface area contributed by atoms with Crippen LogP contribution in [0.5, 0.6) is 0 Å². The fourth-order valence-electron chi connectivity index (χ4n) is 4.20. The number of amides is 2. The molecule has 5 N–H and O–H groups in total. The minimum absolute atomic E-state index is 0.246. The molecular weight excluding hydrogens is 408 g/mol. The van der Waals surface area contributed by atoms with Crippen LogP contribution in [-0.4, -0.2) is 50.9 Å². The third kappa shape index (κ3) is 4.22. The van der Waals surface area contributed by atoms with Gasteiger partial charge in [-0.15, -0.1) is 0 Å². The fourth-order valence-corrected chi connectivity index (χ4v) is 4.20. The van der Waals surface area contributed by atoms with Crippen molar-refractivity contribution in [3.05, 3.63) is 71.4 Å². The normalized spacial score (nSPS) is 17.4. The maximum Gasteiger partial charge on any atom is 0.325 e. The number of hydrogen-bond acceptors (Lipinski definition) is 4. The summed E-state index contributed by atoms with van der Waals surface area (Å²) < 4.78 is 0. The van der Waals surface area contributed by atoms with Gasteiger partial charge >= 0.3 is 5.97 Å². The van der Waals surface area contributed by atoms with Gasteiger partial charge in [0.1, 0.15) is 12.1 Å². The Morgan fingerprint density at radius 3 is 2.59 bits per heavy atom. The summed E-state index contributed by atoms with van der Waals surface area (Å²) in [7, 11) is 0. The summed E-state index contributed by atoms with van der Waals surface area (Å²) in [6, 6.07) is 12.7. The van der Waals surface area contributed by atoms with Crippen molar-refractivity contribution in [3.8, 4) is 0 Å². The number of fused-ring (bicyclic) bond motifs is 2. The van der Waals surface area contributed by atoms with Crippen LogP contribution >= 0.6 is 0 Å². The number of hydrogen-bond donors (Lipinski definition) is 4. The third-order valence-corrected chi connectivity index (χ3v) is 6.00. The summed E-state index contributed by atoms with van der Waals surface area (Å²) in [4.78, 5) is 42.2. The Kier molecular flexibility index (Phi) is 5.96. The number of aliphatic carboxylic acids is 1. The van der Waals surface area contributed by atoms with Gasteiger partial charge in [-0.25, -0.2) is 0 Å². The number of para-hydroxylation sites is 1. The van der Waals surface area contributed by atoms with E-state index in [1.807, 2.05) is 54.7 Å². The first-order valence-corrected chi connectivity index (χ1v) is 10.6. The van der Waals surface area contributed by atoms with E-state index in [0.717, 1.165) is 27.6 Å². The molecule has 32 heavy (non-hydrogen) atoms. The van der Waals surface area contributed by atoms with Gasteiger partial charge in [-0.3, -0.25) is 14.4 Å². The molecule has 0 radical (unpaired) electrons. The number of aromatic nitrogens is 1. The largest absolute Gasteiger partial charge is 0.480 e. The van der Waals surface area contributed by atoms with Crippen molar-refractivity contribution < 1.29 is 19.5 Å². The first-order chi connectivity index (χ1) is 15.3. The van der Waals surface area contributed by atoms with Crippen molar-refractivity contribution in [3.63, 3.8) is 0 Å². The molecule has 0 fully saturated rings. The lowest BCUT2D eigenvalue weighted by atomic mass is 9.92. The van der Waals surface area contributed by atoms with Crippen LogP contribution in [0.15, 0.2) is 54.7 Å². The van der Waals surface area contributed by atoms with Crippen LogP contribution in [0.3, 0.4) is 0 Å². The molecule has 1 aliphatic rings. The Hall–Kier alpha value is -3.65. The average Bonchev–Trinajstić information content (AvgIpc) is 3.20. The van der Waals surface area contributed by atoms with E-state index in [4.69, 9.17) is 10.8 Å². The van der Waals surface area contributed by atoms with Crippen LogP contribution in [0.1, 0.15) is 23.6 Å². The molecule has 0 spiro atoms. The highest BCUT2D eigenvalue weighted by atomic mass is 16.4. The number of aromatic amines is 1. The smallest absolute Gasteiger partial charge is 0.325 e. The fraction of sp³-hybridized carbons (Fsp3) is 0.292. The Bertz CT molecular complexity index is 1170. The zero-order chi connectivity index (χ0) is 22.8. The number of carboxylic acids is 1. The molecule has 0 bridgehead atoms. The Balaban J connectivity index is 1.58. The van der Waals surface area contributed by atoms with Gasteiger partial charge in [-0.2, -0.15) is 0 Å². The van der Waals surface area contributed by atoms with Crippen molar-refractivity contribution in [2.75, 3.05) is 0 Å². The number of H-pyrrole nitrogens is 1. The van der Waals surface area contributed by atoms with E-state index in [9.17, 15) is 14.4 Å². The summed E-state index contributed by atoms with van der Waals surface area (Å²) >= 11 is 0. The Morgan fingerprint density at radius 1 is 1.16 bits per heavy atom. The second kappa shape index (κ2) is 8.84. The molecule has 0 aliphatic carbocycles. The van der Waals surface area contributed by atoms with Gasteiger partial charge in [0.25, 0.3) is 0 Å². The number of nitrogens with two attached hydrogens (primary N) is 1. The maximum absolute atomic E-state index is 13.4. The zero-order valence-electron chi connectivity index (χ0n) is 17.7. The highest BCUT2D eigenvalue weighted by molar-refractivity contribution is 5.93. The van der Waals surface area contributed by atoms with Gasteiger partial charge < -0.3 is 26.0 Å². The van der Waals surface area contributed by atoms with Gasteiger partial charge in [0, 0.05) is 30.1 Å². The lowest BCUT2D eigenvalue weighted by Gasteiger charge is -2.37. The second-order valence-electron chi connectivity index (χ2n) is 8.19. The number of benzene rings is 2. The summed E-state index contributed by atoms with van der Waals surface area (Å²) in [6.45, 7) is 1.64. The second-order valence-corrected chi connectivity index (χ2v) is 8.19. The van der Waals surface area contributed by atoms with Crippen molar-refractivity contribution in [2.45, 2.75) is 44.4 Å². The van der Waals surface area contributed by atoms with Gasteiger partial charge in [0.15, 0.2) is 0 Å². The Morgan fingerprint density at radius 2 is 1.84 bits per heavy atom. The molecule has 3 atom stereocenters. The molecule has 1 aromatic heterocycles. The van der Waals surface area contributed by atoms with Gasteiger partial charge in [-0.05, 0) is 36.1 Å². The monoisotopic (exact) mass is 434 g/mol. The number of nitrogens with one attached hydrogen (secondary N) is 2. The molecular formula is C24H26N4O4. The van der Waals surface area contributed by atoms with Crippen LogP contribution in [0.2, 0.25) is 0 Å². The van der Waals surface area contributed by atoms with Crippen LogP contribution < -0.4 is 11.1 Å². The highest BCUT2D eigenvalue weighted by Gasteiger charge is 2.37. The van der Waals surface area contributed by atoms with E-state index in [1.165, 1.54) is 11.8 Å². The molecule has 3 aromatic rings. The summed E-state index contributed by atoms with van der Waals surface area (Å²) in [5, 5.41) is 12.7. The topological polar surface area (TPSA) is 129 Å². The Labute approximate surface area is 185 Å². The molecule has 0 saturated heterocycles. The van der Waals surface area contributed by atoms with E-state index >= 15 is 0 Å². The lowest BCUT2D eigenvalue weighted by molar-refractivity contribution is -0.145. The predicted octanol–water partition coefficient (Wildman–Crippen LogP) is 1.58. The first kappa shape index (κ1) is 21.6. The predicted molar refractivity (Wildman–Crippen MR) is 120 cm³/mol. The lowest BCUT2D eigenvalue weighted by Crippen LogP contribution is -2.58. The van der Waals surface area contributed by atoms with E-state index < -0.39 is 30.0 Å². The van der Waals surface area contributed by atoms with Crippen LogP contribution in [0, 0.1) is 0 Å². The molecule has 166 valence electrons. The SMILES string of the molecule is C[C@H](NC(=O)[C@@H]1Cc2ccccc2CN1C(=O)[C@@H](N)Cc1c[nH]c2ccccc12)C(=O)O. The summed E-state index contributed by atoms with van der Waals surface area (Å²) in [5.41, 5.74) is 10.1. The molecule has 2 aromatic carbocycles. The number of rotatable bonds is 6. The third-order valence-electron chi connectivity index (χ3n) is 6.00. The molecule has 8 nitrogen and oxygen atoms in total. The van der Waals surface area contributed by atoms with Crippen LogP contribution in [-0.2, 0) is 33.8 Å². The average molecular weight is 434 g/mol. The number of nitrogens with zero attached hydrogens (tertiary/aromatic N) is 1. The molecule has 8 heteroatoms. The van der Waals surface area contributed by atoms with Crippen molar-refractivity contribution >= 4 is 28.7 Å². The molecule has 4 rings (SSSR count). The quantitative estimate of drug-likeness (QED) is 0.468. The highest BCUT2D eigenvalue weighted by Crippen LogP contribution is 2.25. The maximum atomic E-state index is 13.4. The number of carboxylic acid groups (broad SMARTS) is 1. The van der Waals surface area contributed by atoms with Gasteiger partial charge in [0.2, 0.25) is 11.8 Å². The number of carbonyl (C=O) groups excluding carboxylic acids is 2. The summed E-state index contributed by atoms with van der Waals surface area (Å²) in [6.07, 6.45) is 2.47. The first-order valence-electron chi connectivity index (χ1n) is 10.6. The van der Waals surface area contributed by atoms with Crippen molar-refractivity contribution in [1.29, 1.82) is 0 Å². The molecule has 2 amide bonds.